The van der Waals surface area contributed by atoms with Crippen molar-refractivity contribution in [2.45, 2.75) is 50.5 Å². The Labute approximate surface area is 261 Å². The number of ether oxygens (including phenoxy) is 1. The van der Waals surface area contributed by atoms with Gasteiger partial charge in [0, 0.05) is 25.7 Å². The molecule has 0 unspecified atom stereocenters. The van der Waals surface area contributed by atoms with Crippen LogP contribution in [0.4, 0.5) is 36.3 Å². The van der Waals surface area contributed by atoms with Crippen LogP contribution in [0.3, 0.4) is 0 Å². The molecule has 0 bridgehead atoms. The van der Waals surface area contributed by atoms with Gasteiger partial charge in [-0.1, -0.05) is 12.1 Å². The van der Waals surface area contributed by atoms with Gasteiger partial charge in [0.05, 0.1) is 30.2 Å². The second kappa shape index (κ2) is 12.9. The molecule has 13 nitrogen and oxygen atoms in total. The van der Waals surface area contributed by atoms with E-state index in [4.69, 9.17) is 9.94 Å². The molecule has 1 aromatic heterocycles. The zero-order valence-electron chi connectivity index (χ0n) is 24.8. The minimum Gasteiger partial charge on any atom is -0.495 e. The van der Waals surface area contributed by atoms with Gasteiger partial charge in [-0.25, -0.2) is 10.5 Å². The zero-order valence-corrected chi connectivity index (χ0v) is 25.7. The maximum Gasteiger partial charge on any atom is 0.421 e. The van der Waals surface area contributed by atoms with E-state index in [9.17, 15) is 37.1 Å². The van der Waals surface area contributed by atoms with E-state index >= 15 is 0 Å². The number of fused-ring (bicyclic) bond motifs is 1. The van der Waals surface area contributed by atoms with Gasteiger partial charge < -0.3 is 30.1 Å². The Morgan fingerprint density at radius 2 is 1.80 bits per heavy atom. The Bertz CT molecular complexity index is 1710. The lowest BCUT2D eigenvalue weighted by atomic mass is 9.76. The van der Waals surface area contributed by atoms with Crippen molar-refractivity contribution in [2.75, 3.05) is 24.8 Å². The van der Waals surface area contributed by atoms with Crippen molar-refractivity contribution in [1.29, 1.82) is 0 Å². The average Bonchev–Trinajstić information content (AvgIpc) is 3.30. The fraction of sp³-hybridized carbons (Fsp3) is 0.379. The highest BCUT2D eigenvalue weighted by Gasteiger charge is 2.38. The first-order chi connectivity index (χ1) is 21.7. The second-order valence-corrected chi connectivity index (χ2v) is 12.9. The number of anilines is 4. The van der Waals surface area contributed by atoms with Gasteiger partial charge in [0.1, 0.15) is 17.1 Å². The molecule has 1 saturated carbocycles. The van der Waals surface area contributed by atoms with Crippen LogP contribution in [0.25, 0.3) is 0 Å². The summed E-state index contributed by atoms with van der Waals surface area (Å²) in [6, 6.07) is 7.57. The summed E-state index contributed by atoms with van der Waals surface area (Å²) in [6.45, 7) is 0.261. The largest absolute Gasteiger partial charge is 0.495 e. The minimum absolute atomic E-state index is 0.0218. The van der Waals surface area contributed by atoms with Gasteiger partial charge in [-0.05, 0) is 66.5 Å². The Morgan fingerprint density at radius 3 is 2.43 bits per heavy atom. The third kappa shape index (κ3) is 7.09. The number of carbonyl (C=O) groups excluding carboxylic acids is 2. The molecule has 17 heteroatoms. The molecule has 2 heterocycles. The molecule has 0 spiro atoms. The molecule has 46 heavy (non-hydrogen) atoms. The van der Waals surface area contributed by atoms with E-state index in [1.165, 1.54) is 30.2 Å². The zero-order chi connectivity index (χ0) is 33.4. The van der Waals surface area contributed by atoms with Gasteiger partial charge in [0.25, 0.3) is 5.91 Å². The normalized spacial score (nSPS) is 18.3. The number of amides is 2. The van der Waals surface area contributed by atoms with Crippen LogP contribution in [-0.2, 0) is 28.2 Å². The highest BCUT2D eigenvalue weighted by molar-refractivity contribution is 7.50. The molecule has 5 rings (SSSR count). The Balaban J connectivity index is 1.47. The molecule has 3 aromatic rings. The summed E-state index contributed by atoms with van der Waals surface area (Å²) in [6.07, 6.45) is -2.41. The van der Waals surface area contributed by atoms with E-state index in [2.05, 4.69) is 20.6 Å². The predicted octanol–water partition coefficient (Wildman–Crippen LogP) is 5.03. The summed E-state index contributed by atoms with van der Waals surface area (Å²) in [4.78, 5) is 53.1. The minimum atomic E-state index is -4.84. The van der Waals surface area contributed by atoms with E-state index in [0.29, 0.717) is 37.4 Å². The average molecular weight is 665 g/mol. The van der Waals surface area contributed by atoms with Gasteiger partial charge in [0.2, 0.25) is 11.9 Å². The lowest BCUT2D eigenvalue weighted by Gasteiger charge is -2.29. The smallest absolute Gasteiger partial charge is 0.421 e. The van der Waals surface area contributed by atoms with Crippen LogP contribution in [0.1, 0.15) is 64.2 Å². The van der Waals surface area contributed by atoms with Crippen LogP contribution in [0.15, 0.2) is 36.5 Å². The van der Waals surface area contributed by atoms with Crippen molar-refractivity contribution in [3.63, 3.8) is 0 Å². The van der Waals surface area contributed by atoms with Crippen molar-refractivity contribution < 1.29 is 47.1 Å². The fourth-order valence-corrected chi connectivity index (χ4v) is 6.66. The summed E-state index contributed by atoms with van der Waals surface area (Å²) in [5, 5.41) is 14.5. The second-order valence-electron chi connectivity index (χ2n) is 11.3. The van der Waals surface area contributed by atoms with Crippen molar-refractivity contribution in [3.8, 4) is 5.75 Å². The number of nitrogens with one attached hydrogen (secondary N) is 3. The SMILES string of the molecule is COc1cc(CP(=O)(O)O)ccc1Nc1ncc(C(F)(F)F)c(Nc2ccc(C3CCC(C(=O)NO)CC3)c3c2C(=O)N(C)C3)n1. The number of hydrogen-bond donors (Lipinski definition) is 6. The monoisotopic (exact) mass is 664 g/mol. The number of hydrogen-bond acceptors (Lipinski definition) is 9. The molecule has 0 radical (unpaired) electrons. The molecule has 2 amide bonds. The predicted molar refractivity (Wildman–Crippen MR) is 159 cm³/mol. The number of methoxy groups -OCH3 is 1. The van der Waals surface area contributed by atoms with E-state index in [0.717, 1.165) is 5.56 Å². The maximum absolute atomic E-state index is 14.1. The Hall–Kier alpha value is -4.24. The number of carbonyl (C=O) groups is 2. The number of nitrogens with zero attached hydrogens (tertiary/aromatic N) is 3. The Morgan fingerprint density at radius 1 is 1.11 bits per heavy atom. The maximum atomic E-state index is 14.1. The summed E-state index contributed by atoms with van der Waals surface area (Å²) < 4.78 is 59.0. The van der Waals surface area contributed by atoms with Gasteiger partial charge in [0.15, 0.2) is 0 Å². The van der Waals surface area contributed by atoms with E-state index < -0.39 is 37.2 Å². The number of aromatic nitrogens is 2. The fourth-order valence-electron chi connectivity index (χ4n) is 5.99. The van der Waals surface area contributed by atoms with Crippen LogP contribution < -0.4 is 20.9 Å². The molecular weight excluding hydrogens is 632 g/mol. The molecule has 2 aromatic carbocycles. The van der Waals surface area contributed by atoms with Crippen molar-refractivity contribution in [2.24, 2.45) is 5.92 Å². The molecule has 2 aliphatic rings. The van der Waals surface area contributed by atoms with Crippen molar-refractivity contribution in [3.05, 3.63) is 64.3 Å². The highest BCUT2D eigenvalue weighted by Crippen LogP contribution is 2.44. The van der Waals surface area contributed by atoms with Gasteiger partial charge in [-0.2, -0.15) is 18.2 Å². The molecule has 0 atom stereocenters. The molecule has 0 saturated heterocycles. The quantitative estimate of drug-likeness (QED) is 0.102. The van der Waals surface area contributed by atoms with Gasteiger partial charge in [-0.3, -0.25) is 19.4 Å². The lowest BCUT2D eigenvalue weighted by molar-refractivity contribution is -0.137. The number of halogens is 3. The van der Waals surface area contributed by atoms with E-state index in [1.807, 2.05) is 0 Å². The van der Waals surface area contributed by atoms with Crippen LogP contribution in [0.2, 0.25) is 0 Å². The molecular formula is C29H32F3N6O7P. The summed E-state index contributed by atoms with van der Waals surface area (Å²) in [7, 11) is -1.44. The first-order valence-corrected chi connectivity index (χ1v) is 16.0. The summed E-state index contributed by atoms with van der Waals surface area (Å²) >= 11 is 0. The van der Waals surface area contributed by atoms with Crippen LogP contribution in [0.5, 0.6) is 5.75 Å². The molecule has 1 aliphatic carbocycles. The van der Waals surface area contributed by atoms with E-state index in [-0.39, 0.29) is 58.5 Å². The number of alkyl halides is 3. The van der Waals surface area contributed by atoms with Gasteiger partial charge in [-0.15, -0.1) is 0 Å². The first kappa shape index (κ1) is 33.1. The van der Waals surface area contributed by atoms with E-state index in [1.54, 1.807) is 24.7 Å². The summed E-state index contributed by atoms with van der Waals surface area (Å²) in [5.41, 5.74) is 2.98. The standard InChI is InChI=1S/C29H32F3N6O7P/c1-38-13-19-18(16-4-6-17(7-5-16)26(39)37-41)8-10-22(24(19)27(38)40)34-25-20(29(30,31)32)12-33-28(36-25)35-21-9-3-15(11-23(21)45-2)14-46(42,43)44/h3,8-12,16-17,41H,4-7,13-14H2,1-2H3,(H,37,39)(H2,42,43,44)(H2,33,34,35,36). The number of rotatable bonds is 9. The highest BCUT2D eigenvalue weighted by atomic mass is 31.2. The first-order valence-electron chi connectivity index (χ1n) is 14.2. The van der Waals surface area contributed by atoms with Gasteiger partial charge >= 0.3 is 13.8 Å². The molecule has 6 N–H and O–H groups in total. The van der Waals surface area contributed by atoms with Crippen molar-refractivity contribution in [1.82, 2.24) is 20.3 Å². The topological polar surface area (TPSA) is 186 Å². The van der Waals surface area contributed by atoms with Crippen LogP contribution >= 0.6 is 7.60 Å². The number of benzene rings is 2. The van der Waals surface area contributed by atoms with Crippen molar-refractivity contribution >= 4 is 42.6 Å². The third-order valence-corrected chi connectivity index (χ3v) is 8.98. The Kier molecular flexibility index (Phi) is 9.27. The lowest BCUT2D eigenvalue weighted by Crippen LogP contribution is -2.30. The molecule has 1 fully saturated rings. The van der Waals surface area contributed by atoms with Crippen LogP contribution in [-0.4, -0.2) is 55.8 Å². The number of hydroxylamine groups is 1. The summed E-state index contributed by atoms with van der Waals surface area (Å²) in [5.74, 6) is -1.79. The third-order valence-electron chi connectivity index (χ3n) is 8.20. The molecule has 246 valence electrons. The van der Waals surface area contributed by atoms with Crippen LogP contribution in [0, 0.1) is 5.92 Å². The molecule has 1 aliphatic heterocycles.